The number of carbonyl (C=O) groups is 1. The molecule has 10 heteroatoms. The Bertz CT molecular complexity index is 1310. The van der Waals surface area contributed by atoms with Crippen molar-refractivity contribution in [2.24, 2.45) is 11.7 Å². The Kier molecular flexibility index (Phi) is 5.90. The molecule has 9 nitrogen and oxygen atoms in total. The van der Waals surface area contributed by atoms with Gasteiger partial charge in [0.25, 0.3) is 0 Å². The second-order valence-corrected chi connectivity index (χ2v) is 11.8. The van der Waals surface area contributed by atoms with Crippen molar-refractivity contribution < 1.29 is 13.2 Å². The molecule has 1 aliphatic heterocycles. The van der Waals surface area contributed by atoms with Crippen molar-refractivity contribution in [2.45, 2.75) is 50.5 Å². The van der Waals surface area contributed by atoms with Crippen LogP contribution in [0.15, 0.2) is 35.5 Å². The fraction of sp³-hybridized carbons (Fsp3) is 0.478. The standard InChI is InChI=1S/C23H30N6O3S/c1-23(2,3)22-26-20(28-10-9-15(12-28)11-18(24)30)19-21(27-22)29(14-25-19)13-16-7-5-6-8-17(16)33(4,31)32/h5-8,14-15H,9-13H2,1-4H3,(H2,24,30)/t15-/m0/s1. The molecule has 3 aromatic rings. The number of nitrogens with two attached hydrogens (primary N) is 1. The van der Waals surface area contributed by atoms with Gasteiger partial charge in [-0.15, -0.1) is 0 Å². The summed E-state index contributed by atoms with van der Waals surface area (Å²) in [6, 6.07) is 6.98. The third-order valence-electron chi connectivity index (χ3n) is 5.90. The second-order valence-electron chi connectivity index (χ2n) is 9.82. The van der Waals surface area contributed by atoms with Gasteiger partial charge in [-0.2, -0.15) is 0 Å². The maximum Gasteiger partial charge on any atom is 0.217 e. The number of benzene rings is 1. The van der Waals surface area contributed by atoms with Crippen LogP contribution < -0.4 is 10.6 Å². The van der Waals surface area contributed by atoms with Crippen molar-refractivity contribution in [2.75, 3.05) is 24.2 Å². The summed E-state index contributed by atoms with van der Waals surface area (Å²) in [5, 5.41) is 0. The lowest BCUT2D eigenvalue weighted by atomic mass is 9.96. The first-order valence-corrected chi connectivity index (χ1v) is 12.9. The molecule has 0 unspecified atom stereocenters. The molecule has 1 amide bonds. The average molecular weight is 471 g/mol. The lowest BCUT2D eigenvalue weighted by molar-refractivity contribution is -0.118. The monoisotopic (exact) mass is 470 g/mol. The highest BCUT2D eigenvalue weighted by Crippen LogP contribution is 2.32. The highest BCUT2D eigenvalue weighted by atomic mass is 32.2. The number of primary amides is 1. The Morgan fingerprint density at radius 3 is 2.61 bits per heavy atom. The summed E-state index contributed by atoms with van der Waals surface area (Å²) in [5.74, 6) is 1.32. The molecule has 4 rings (SSSR count). The van der Waals surface area contributed by atoms with Gasteiger partial charge in [-0.1, -0.05) is 39.0 Å². The molecule has 0 bridgehead atoms. The Hall–Kier alpha value is -3.01. The average Bonchev–Trinajstić information content (AvgIpc) is 3.33. The second kappa shape index (κ2) is 8.40. The predicted molar refractivity (Wildman–Crippen MR) is 127 cm³/mol. The van der Waals surface area contributed by atoms with Crippen LogP contribution in [0.4, 0.5) is 5.82 Å². The van der Waals surface area contributed by atoms with Crippen LogP contribution in [0, 0.1) is 5.92 Å². The molecule has 2 aromatic heterocycles. The Morgan fingerprint density at radius 2 is 1.94 bits per heavy atom. The lowest BCUT2D eigenvalue weighted by Gasteiger charge is -2.22. The van der Waals surface area contributed by atoms with Crippen LogP contribution in [-0.4, -0.2) is 53.2 Å². The van der Waals surface area contributed by atoms with E-state index in [0.29, 0.717) is 47.0 Å². The molecular weight excluding hydrogens is 440 g/mol. The highest BCUT2D eigenvalue weighted by Gasteiger charge is 2.30. The Labute approximate surface area is 194 Å². The van der Waals surface area contributed by atoms with Crippen LogP contribution in [0.2, 0.25) is 0 Å². The summed E-state index contributed by atoms with van der Waals surface area (Å²) in [5.41, 5.74) is 7.11. The van der Waals surface area contributed by atoms with Gasteiger partial charge in [0.05, 0.1) is 17.8 Å². The van der Waals surface area contributed by atoms with Crippen LogP contribution in [-0.2, 0) is 26.6 Å². The van der Waals surface area contributed by atoms with E-state index in [0.717, 1.165) is 18.8 Å². The quantitative estimate of drug-likeness (QED) is 0.586. The van der Waals surface area contributed by atoms with E-state index < -0.39 is 9.84 Å². The summed E-state index contributed by atoms with van der Waals surface area (Å²) < 4.78 is 26.4. The van der Waals surface area contributed by atoms with E-state index in [4.69, 9.17) is 15.7 Å². The number of hydrogen-bond donors (Lipinski definition) is 1. The smallest absolute Gasteiger partial charge is 0.217 e. The number of nitrogens with zero attached hydrogens (tertiary/aromatic N) is 5. The molecule has 0 saturated carbocycles. The molecule has 1 fully saturated rings. The van der Waals surface area contributed by atoms with Gasteiger partial charge in [-0.05, 0) is 24.0 Å². The number of hydrogen-bond acceptors (Lipinski definition) is 7. The molecular formula is C23H30N6O3S. The molecule has 1 aromatic carbocycles. The maximum absolute atomic E-state index is 12.3. The lowest BCUT2D eigenvalue weighted by Crippen LogP contribution is -2.25. The van der Waals surface area contributed by atoms with Crippen molar-refractivity contribution in [1.82, 2.24) is 19.5 Å². The fourth-order valence-electron chi connectivity index (χ4n) is 4.26. The number of rotatable bonds is 6. The number of sulfone groups is 1. The number of aromatic nitrogens is 4. The summed E-state index contributed by atoms with van der Waals surface area (Å²) in [4.78, 5) is 28.2. The van der Waals surface area contributed by atoms with Crippen molar-refractivity contribution in [3.05, 3.63) is 42.0 Å². The number of fused-ring (bicyclic) bond motifs is 1. The zero-order chi connectivity index (χ0) is 24.0. The molecule has 1 saturated heterocycles. The first-order valence-electron chi connectivity index (χ1n) is 11.0. The van der Waals surface area contributed by atoms with Crippen molar-refractivity contribution in [3.63, 3.8) is 0 Å². The van der Waals surface area contributed by atoms with Crippen LogP contribution in [0.3, 0.4) is 0 Å². The minimum atomic E-state index is -3.37. The predicted octanol–water partition coefficient (Wildman–Crippen LogP) is 2.28. The van der Waals surface area contributed by atoms with Gasteiger partial charge >= 0.3 is 0 Å². The van der Waals surface area contributed by atoms with E-state index >= 15 is 0 Å². The first-order chi connectivity index (χ1) is 15.4. The van der Waals surface area contributed by atoms with Gasteiger partial charge in [0.2, 0.25) is 5.91 Å². The van der Waals surface area contributed by atoms with Gasteiger partial charge < -0.3 is 15.2 Å². The molecule has 176 valence electrons. The topological polar surface area (TPSA) is 124 Å². The fourth-order valence-corrected chi connectivity index (χ4v) is 5.19. The molecule has 0 spiro atoms. The van der Waals surface area contributed by atoms with Crippen LogP contribution in [0.5, 0.6) is 0 Å². The Balaban J connectivity index is 1.79. The van der Waals surface area contributed by atoms with E-state index in [9.17, 15) is 13.2 Å². The minimum Gasteiger partial charge on any atom is -0.370 e. The summed E-state index contributed by atoms with van der Waals surface area (Å²) in [6.45, 7) is 7.93. The molecule has 1 aliphatic rings. The third kappa shape index (κ3) is 4.85. The van der Waals surface area contributed by atoms with Gasteiger partial charge in [-0.3, -0.25) is 4.79 Å². The number of imidazole rings is 1. The Morgan fingerprint density at radius 1 is 1.21 bits per heavy atom. The van der Waals surface area contributed by atoms with Crippen molar-refractivity contribution in [1.29, 1.82) is 0 Å². The van der Waals surface area contributed by atoms with Crippen LogP contribution in [0.25, 0.3) is 11.2 Å². The highest BCUT2D eigenvalue weighted by molar-refractivity contribution is 7.90. The summed E-state index contributed by atoms with van der Waals surface area (Å²) in [7, 11) is -3.37. The van der Waals surface area contributed by atoms with Gasteiger partial charge in [-0.25, -0.2) is 23.4 Å². The van der Waals surface area contributed by atoms with Crippen molar-refractivity contribution >= 4 is 32.7 Å². The molecule has 0 radical (unpaired) electrons. The van der Waals surface area contributed by atoms with Gasteiger partial charge in [0.15, 0.2) is 26.8 Å². The largest absolute Gasteiger partial charge is 0.370 e. The molecule has 2 N–H and O–H groups in total. The molecule has 33 heavy (non-hydrogen) atoms. The maximum atomic E-state index is 12.3. The van der Waals surface area contributed by atoms with Crippen molar-refractivity contribution in [3.8, 4) is 0 Å². The number of amides is 1. The summed E-state index contributed by atoms with van der Waals surface area (Å²) >= 11 is 0. The van der Waals surface area contributed by atoms with E-state index in [2.05, 4.69) is 30.7 Å². The zero-order valence-corrected chi connectivity index (χ0v) is 20.3. The van der Waals surface area contributed by atoms with E-state index in [1.807, 2.05) is 16.7 Å². The molecule has 0 aliphatic carbocycles. The normalized spacial score (nSPS) is 17.1. The van der Waals surface area contributed by atoms with E-state index in [1.54, 1.807) is 18.5 Å². The zero-order valence-electron chi connectivity index (χ0n) is 19.4. The number of carbonyl (C=O) groups excluding carboxylic acids is 1. The summed E-state index contributed by atoms with van der Waals surface area (Å²) in [6.07, 6.45) is 4.12. The van der Waals surface area contributed by atoms with Gasteiger partial charge in [0.1, 0.15) is 5.82 Å². The third-order valence-corrected chi connectivity index (χ3v) is 7.10. The van der Waals surface area contributed by atoms with Gasteiger partial charge in [0, 0.05) is 31.2 Å². The number of anilines is 1. The van der Waals surface area contributed by atoms with Crippen LogP contribution in [0.1, 0.15) is 45.0 Å². The molecule has 3 heterocycles. The van der Waals surface area contributed by atoms with E-state index in [-0.39, 0.29) is 17.2 Å². The first kappa shape index (κ1) is 23.2. The SMILES string of the molecule is CC(C)(C)c1nc(N2CC[C@@H](CC(N)=O)C2)c2ncn(Cc3ccccc3S(C)(=O)=O)c2n1. The van der Waals surface area contributed by atoms with E-state index in [1.165, 1.54) is 6.26 Å². The minimum absolute atomic E-state index is 0.189. The molecule has 1 atom stereocenters. The van der Waals surface area contributed by atoms with Crippen LogP contribution >= 0.6 is 0 Å².